The van der Waals surface area contributed by atoms with Gasteiger partial charge in [-0.25, -0.2) is 8.42 Å². The molecular weight excluding hydrogens is 288 g/mol. The molecule has 0 saturated carbocycles. The van der Waals surface area contributed by atoms with Gasteiger partial charge in [0, 0.05) is 31.9 Å². The fraction of sp³-hybridized carbons (Fsp3) is 0.267. The number of terminal acetylenes is 1. The standard InChI is InChI=1S/C15H18N2O3S/c1-5-10-17(21(4,19)20)14-8-6-7-13(12-14)15(18)9-11-16(2)3/h1,6-9,11-12H,10H2,2-4H3/b11-9+. The van der Waals surface area contributed by atoms with Crippen molar-refractivity contribution in [1.82, 2.24) is 4.90 Å². The zero-order valence-electron chi connectivity index (χ0n) is 12.3. The maximum atomic E-state index is 12.0. The molecule has 6 heteroatoms. The molecule has 5 nitrogen and oxygen atoms in total. The van der Waals surface area contributed by atoms with Gasteiger partial charge in [0.2, 0.25) is 10.0 Å². The Hall–Kier alpha value is -2.26. The van der Waals surface area contributed by atoms with E-state index in [1.807, 2.05) is 0 Å². The first-order chi connectivity index (χ1) is 9.75. The van der Waals surface area contributed by atoms with Gasteiger partial charge >= 0.3 is 0 Å². The number of anilines is 1. The van der Waals surface area contributed by atoms with Crippen LogP contribution >= 0.6 is 0 Å². The molecule has 0 unspecified atom stereocenters. The van der Waals surface area contributed by atoms with E-state index in [-0.39, 0.29) is 12.3 Å². The SMILES string of the molecule is C#CCN(c1cccc(C(=O)/C=C/N(C)C)c1)S(C)(=O)=O. The van der Waals surface area contributed by atoms with Crippen LogP contribution in [-0.4, -0.2) is 46.0 Å². The zero-order chi connectivity index (χ0) is 16.0. The third-order valence-corrected chi connectivity index (χ3v) is 3.72. The maximum absolute atomic E-state index is 12.0. The highest BCUT2D eigenvalue weighted by molar-refractivity contribution is 7.92. The molecule has 0 aromatic heterocycles. The minimum Gasteiger partial charge on any atom is -0.383 e. The second-order valence-corrected chi connectivity index (χ2v) is 6.57. The number of hydrogen-bond acceptors (Lipinski definition) is 4. The topological polar surface area (TPSA) is 57.7 Å². The van der Waals surface area contributed by atoms with E-state index in [4.69, 9.17) is 6.42 Å². The van der Waals surface area contributed by atoms with Crippen LogP contribution in [0, 0.1) is 12.3 Å². The van der Waals surface area contributed by atoms with Crippen LogP contribution in [0.1, 0.15) is 10.4 Å². The molecule has 0 amide bonds. The quantitative estimate of drug-likeness (QED) is 0.452. The summed E-state index contributed by atoms with van der Waals surface area (Å²) in [4.78, 5) is 13.7. The first kappa shape index (κ1) is 16.8. The van der Waals surface area contributed by atoms with E-state index in [9.17, 15) is 13.2 Å². The summed E-state index contributed by atoms with van der Waals surface area (Å²) in [6, 6.07) is 6.37. The van der Waals surface area contributed by atoms with Gasteiger partial charge in [0.1, 0.15) is 0 Å². The van der Waals surface area contributed by atoms with Crippen molar-refractivity contribution in [3.8, 4) is 12.3 Å². The molecule has 0 N–H and O–H groups in total. The van der Waals surface area contributed by atoms with E-state index in [1.165, 1.54) is 12.1 Å². The van der Waals surface area contributed by atoms with Crippen molar-refractivity contribution >= 4 is 21.5 Å². The summed E-state index contributed by atoms with van der Waals surface area (Å²) < 4.78 is 24.6. The molecule has 0 heterocycles. The highest BCUT2D eigenvalue weighted by Crippen LogP contribution is 2.19. The first-order valence-electron chi connectivity index (χ1n) is 6.16. The monoisotopic (exact) mass is 306 g/mol. The van der Waals surface area contributed by atoms with Crippen LogP contribution in [0.2, 0.25) is 0 Å². The van der Waals surface area contributed by atoms with Crippen molar-refractivity contribution in [1.29, 1.82) is 0 Å². The Labute approximate surface area is 125 Å². The van der Waals surface area contributed by atoms with Crippen LogP contribution < -0.4 is 4.31 Å². The summed E-state index contributed by atoms with van der Waals surface area (Å²) in [5, 5.41) is 0. The lowest BCUT2D eigenvalue weighted by atomic mass is 10.1. The van der Waals surface area contributed by atoms with E-state index < -0.39 is 10.0 Å². The number of nitrogens with zero attached hydrogens (tertiary/aromatic N) is 2. The Morgan fingerprint density at radius 2 is 2.05 bits per heavy atom. The molecule has 0 saturated heterocycles. The number of ketones is 1. The molecular formula is C15H18N2O3S. The molecule has 1 aromatic rings. The number of sulfonamides is 1. The number of hydrogen-bond donors (Lipinski definition) is 0. The Balaban J connectivity index is 3.15. The van der Waals surface area contributed by atoms with E-state index in [1.54, 1.807) is 43.4 Å². The Morgan fingerprint density at radius 1 is 1.38 bits per heavy atom. The third-order valence-electron chi connectivity index (χ3n) is 2.58. The highest BCUT2D eigenvalue weighted by Gasteiger charge is 2.17. The van der Waals surface area contributed by atoms with Gasteiger partial charge in [-0.2, -0.15) is 0 Å². The van der Waals surface area contributed by atoms with Crippen molar-refractivity contribution in [3.05, 3.63) is 42.1 Å². The maximum Gasteiger partial charge on any atom is 0.233 e. The van der Waals surface area contributed by atoms with Crippen molar-refractivity contribution in [3.63, 3.8) is 0 Å². The molecule has 0 bridgehead atoms. The van der Waals surface area contributed by atoms with E-state index >= 15 is 0 Å². The van der Waals surface area contributed by atoms with Crippen molar-refractivity contribution in [2.24, 2.45) is 0 Å². The molecule has 0 aliphatic carbocycles. The van der Waals surface area contributed by atoms with Gasteiger partial charge in [-0.1, -0.05) is 18.1 Å². The Bertz CT molecular complexity index is 685. The number of allylic oxidation sites excluding steroid dienone is 1. The Kier molecular flexibility index (Phi) is 5.56. The molecule has 0 atom stereocenters. The Morgan fingerprint density at radius 3 is 2.57 bits per heavy atom. The smallest absolute Gasteiger partial charge is 0.233 e. The van der Waals surface area contributed by atoms with Crippen LogP contribution in [0.25, 0.3) is 0 Å². The van der Waals surface area contributed by atoms with Gasteiger partial charge in [0.15, 0.2) is 5.78 Å². The average Bonchev–Trinajstić information content (AvgIpc) is 2.41. The predicted octanol–water partition coefficient (Wildman–Crippen LogP) is 1.34. The second-order valence-electron chi connectivity index (χ2n) is 4.67. The second kappa shape index (κ2) is 6.95. The largest absolute Gasteiger partial charge is 0.383 e. The van der Waals surface area contributed by atoms with Gasteiger partial charge in [0.05, 0.1) is 18.5 Å². The molecule has 0 fully saturated rings. The van der Waals surface area contributed by atoms with Gasteiger partial charge in [-0.05, 0) is 12.1 Å². The van der Waals surface area contributed by atoms with Gasteiger partial charge < -0.3 is 4.90 Å². The van der Waals surface area contributed by atoms with Crippen molar-refractivity contribution in [2.45, 2.75) is 0 Å². The number of carbonyl (C=O) groups is 1. The van der Waals surface area contributed by atoms with Gasteiger partial charge in [-0.3, -0.25) is 9.10 Å². The summed E-state index contributed by atoms with van der Waals surface area (Å²) in [7, 11) is 0.113. The minimum atomic E-state index is -3.50. The van der Waals surface area contributed by atoms with Crippen LogP contribution in [0.5, 0.6) is 0 Å². The van der Waals surface area contributed by atoms with Crippen molar-refractivity contribution in [2.75, 3.05) is 31.2 Å². The molecule has 0 radical (unpaired) electrons. The normalized spacial score (nSPS) is 11.1. The molecule has 21 heavy (non-hydrogen) atoms. The lowest BCUT2D eigenvalue weighted by Gasteiger charge is -2.20. The third kappa shape index (κ3) is 4.97. The average molecular weight is 306 g/mol. The van der Waals surface area contributed by atoms with Gasteiger partial charge in [0.25, 0.3) is 0 Å². The zero-order valence-corrected chi connectivity index (χ0v) is 13.1. The number of rotatable bonds is 6. The van der Waals surface area contributed by atoms with Crippen LogP contribution in [-0.2, 0) is 10.0 Å². The fourth-order valence-corrected chi connectivity index (χ4v) is 2.42. The van der Waals surface area contributed by atoms with Gasteiger partial charge in [-0.15, -0.1) is 6.42 Å². The van der Waals surface area contributed by atoms with Crippen LogP contribution in [0.3, 0.4) is 0 Å². The lowest BCUT2D eigenvalue weighted by Crippen LogP contribution is -2.30. The summed E-state index contributed by atoms with van der Waals surface area (Å²) in [6.45, 7) is -0.0794. The number of benzene rings is 1. The summed E-state index contributed by atoms with van der Waals surface area (Å²) >= 11 is 0. The molecule has 1 rings (SSSR count). The van der Waals surface area contributed by atoms with E-state index in [0.717, 1.165) is 10.6 Å². The van der Waals surface area contributed by atoms with Crippen molar-refractivity contribution < 1.29 is 13.2 Å². The fourth-order valence-electron chi connectivity index (χ4n) is 1.61. The highest BCUT2D eigenvalue weighted by atomic mass is 32.2. The molecule has 0 aliphatic heterocycles. The summed E-state index contributed by atoms with van der Waals surface area (Å²) in [6.07, 6.45) is 9.33. The number of carbonyl (C=O) groups excluding carboxylic acids is 1. The predicted molar refractivity (Wildman–Crippen MR) is 84.6 cm³/mol. The minimum absolute atomic E-state index is 0.0794. The summed E-state index contributed by atoms with van der Waals surface area (Å²) in [5.74, 6) is 2.09. The molecule has 0 spiro atoms. The summed E-state index contributed by atoms with van der Waals surface area (Å²) in [5.41, 5.74) is 0.774. The van der Waals surface area contributed by atoms with Crippen LogP contribution in [0.4, 0.5) is 5.69 Å². The lowest BCUT2D eigenvalue weighted by molar-refractivity contribution is 0.104. The molecule has 1 aromatic carbocycles. The first-order valence-corrected chi connectivity index (χ1v) is 8.00. The molecule has 112 valence electrons. The van der Waals surface area contributed by atoms with Crippen LogP contribution in [0.15, 0.2) is 36.5 Å². The van der Waals surface area contributed by atoms with E-state index in [0.29, 0.717) is 11.3 Å². The molecule has 0 aliphatic rings. The van der Waals surface area contributed by atoms with E-state index in [2.05, 4.69) is 5.92 Å².